The zero-order valence-corrected chi connectivity index (χ0v) is 13.9. The summed E-state index contributed by atoms with van der Waals surface area (Å²) in [6, 6.07) is 10.4. The molecule has 2 aromatic heterocycles. The van der Waals surface area contributed by atoms with Crippen molar-refractivity contribution in [3.05, 3.63) is 36.4 Å². The minimum Gasteiger partial charge on any atom is -0.339 e. The molecule has 0 amide bonds. The Morgan fingerprint density at radius 3 is 2.58 bits per heavy atom. The van der Waals surface area contributed by atoms with Gasteiger partial charge >= 0.3 is 0 Å². The zero-order valence-electron chi connectivity index (χ0n) is 13.0. The Kier molecular flexibility index (Phi) is 4.56. The number of anilines is 3. The van der Waals surface area contributed by atoms with Crippen molar-refractivity contribution in [2.75, 3.05) is 15.8 Å². The highest BCUT2D eigenvalue weighted by atomic mass is 32.2. The van der Waals surface area contributed by atoms with Crippen LogP contribution in [0.1, 0.15) is 19.8 Å². The second-order valence-electron chi connectivity index (χ2n) is 5.22. The van der Waals surface area contributed by atoms with Crippen molar-refractivity contribution >= 4 is 32.9 Å². The largest absolute Gasteiger partial charge is 0.339 e. The van der Waals surface area contributed by atoms with Crippen LogP contribution in [0.15, 0.2) is 36.4 Å². The number of aromatic nitrogens is 5. The molecule has 0 spiro atoms. The lowest BCUT2D eigenvalue weighted by Crippen LogP contribution is -2.16. The second kappa shape index (κ2) is 6.79. The first-order chi connectivity index (χ1) is 11.6. The third-order valence-electron chi connectivity index (χ3n) is 3.27. The maximum absolute atomic E-state index is 11.9. The van der Waals surface area contributed by atoms with Gasteiger partial charge in [0.1, 0.15) is 0 Å². The predicted molar refractivity (Wildman–Crippen MR) is 90.6 cm³/mol. The Morgan fingerprint density at radius 2 is 1.83 bits per heavy atom. The van der Waals surface area contributed by atoms with Crippen molar-refractivity contribution in [2.24, 2.45) is 0 Å². The minimum atomic E-state index is -3.29. The summed E-state index contributed by atoms with van der Waals surface area (Å²) in [6.45, 7) is 1.96. The first-order valence-corrected chi connectivity index (χ1v) is 9.14. The number of tetrazole rings is 1. The molecule has 3 aromatic rings. The molecule has 9 nitrogen and oxygen atoms in total. The number of hydrogen-bond donors (Lipinski definition) is 2. The van der Waals surface area contributed by atoms with Gasteiger partial charge in [-0.25, -0.2) is 8.42 Å². The molecule has 3 rings (SSSR count). The molecule has 0 radical (unpaired) electrons. The summed E-state index contributed by atoms with van der Waals surface area (Å²) in [6.07, 6.45) is 1.47. The molecule has 0 saturated heterocycles. The number of hydrogen-bond acceptors (Lipinski definition) is 7. The molecule has 2 N–H and O–H groups in total. The fraction of sp³-hybridized carbons (Fsp3) is 0.286. The number of nitrogens with one attached hydrogen (secondary N) is 2. The lowest BCUT2D eigenvalue weighted by atomic mass is 10.3. The Morgan fingerprint density at radius 1 is 1.08 bits per heavy atom. The van der Waals surface area contributed by atoms with Crippen LogP contribution in [0.3, 0.4) is 0 Å². The van der Waals surface area contributed by atoms with Gasteiger partial charge in [-0.3, -0.25) is 4.72 Å². The Hall–Kier alpha value is -2.75. The lowest BCUT2D eigenvalue weighted by molar-refractivity contribution is 0.598. The molecule has 0 aliphatic rings. The highest BCUT2D eigenvalue weighted by Gasteiger charge is 2.09. The maximum Gasteiger partial charge on any atom is 0.232 e. The van der Waals surface area contributed by atoms with Gasteiger partial charge in [0.05, 0.1) is 5.75 Å². The van der Waals surface area contributed by atoms with Crippen molar-refractivity contribution in [1.29, 1.82) is 0 Å². The van der Waals surface area contributed by atoms with Crippen LogP contribution in [0.2, 0.25) is 0 Å². The molecule has 1 aromatic carbocycles. The quantitative estimate of drug-likeness (QED) is 0.670. The summed E-state index contributed by atoms with van der Waals surface area (Å²) >= 11 is 0. The summed E-state index contributed by atoms with van der Waals surface area (Å²) in [4.78, 5) is 0. The molecule has 126 valence electrons. The van der Waals surface area contributed by atoms with E-state index in [-0.39, 0.29) is 5.75 Å². The molecule has 0 fully saturated rings. The smallest absolute Gasteiger partial charge is 0.232 e. The van der Waals surface area contributed by atoms with Crippen molar-refractivity contribution in [2.45, 2.75) is 19.8 Å². The van der Waals surface area contributed by atoms with E-state index < -0.39 is 10.0 Å². The topological polar surface area (TPSA) is 114 Å². The van der Waals surface area contributed by atoms with Crippen LogP contribution in [-0.2, 0) is 10.0 Å². The van der Waals surface area contributed by atoms with Gasteiger partial charge in [0.15, 0.2) is 11.5 Å². The van der Waals surface area contributed by atoms with Crippen LogP contribution in [0.25, 0.3) is 5.65 Å². The SMILES string of the molecule is CCCCS(=O)(=O)Nc1ccc(Nc2ccc3nnnn3n2)cc1. The number of nitrogens with zero attached hydrogens (tertiary/aromatic N) is 5. The molecule has 24 heavy (non-hydrogen) atoms. The number of unbranched alkanes of at least 4 members (excludes halogenated alkanes) is 1. The second-order valence-corrected chi connectivity index (χ2v) is 7.06. The van der Waals surface area contributed by atoms with Crippen molar-refractivity contribution in [3.63, 3.8) is 0 Å². The van der Waals surface area contributed by atoms with Gasteiger partial charge in [0.25, 0.3) is 0 Å². The third kappa shape index (κ3) is 3.96. The van der Waals surface area contributed by atoms with Crippen LogP contribution in [0.4, 0.5) is 17.2 Å². The average molecular weight is 347 g/mol. The van der Waals surface area contributed by atoms with E-state index in [1.165, 1.54) is 4.63 Å². The Balaban J connectivity index is 1.67. The molecule has 2 heterocycles. The Bertz CT molecular complexity index is 922. The van der Waals surface area contributed by atoms with E-state index in [2.05, 4.69) is 30.7 Å². The van der Waals surface area contributed by atoms with E-state index in [1.807, 2.05) is 6.92 Å². The van der Waals surface area contributed by atoms with E-state index in [9.17, 15) is 8.42 Å². The molecular weight excluding hydrogens is 330 g/mol. The van der Waals surface area contributed by atoms with Gasteiger partial charge in [-0.05, 0) is 53.2 Å². The number of benzene rings is 1. The molecule has 0 unspecified atom stereocenters. The van der Waals surface area contributed by atoms with E-state index in [0.717, 1.165) is 12.1 Å². The van der Waals surface area contributed by atoms with Gasteiger partial charge in [-0.1, -0.05) is 13.3 Å². The monoisotopic (exact) mass is 347 g/mol. The first kappa shape index (κ1) is 16.1. The molecule has 0 bridgehead atoms. The summed E-state index contributed by atoms with van der Waals surface area (Å²) in [5.74, 6) is 0.699. The lowest BCUT2D eigenvalue weighted by Gasteiger charge is -2.09. The number of sulfonamides is 1. The van der Waals surface area contributed by atoms with E-state index >= 15 is 0 Å². The summed E-state index contributed by atoms with van der Waals surface area (Å²) in [5.41, 5.74) is 1.85. The summed E-state index contributed by atoms with van der Waals surface area (Å²) in [5, 5.41) is 18.3. The number of fused-ring (bicyclic) bond motifs is 1. The average Bonchev–Trinajstić information content (AvgIpc) is 3.02. The van der Waals surface area contributed by atoms with Crippen LogP contribution in [0, 0.1) is 0 Å². The zero-order chi connectivity index (χ0) is 17.0. The Labute approximate surface area is 139 Å². The molecule has 0 aliphatic heterocycles. The normalized spacial score (nSPS) is 11.5. The predicted octanol–water partition coefficient (Wildman–Crippen LogP) is 1.80. The van der Waals surface area contributed by atoms with Gasteiger partial charge in [-0.15, -0.1) is 14.8 Å². The summed E-state index contributed by atoms with van der Waals surface area (Å²) in [7, 11) is -3.29. The van der Waals surface area contributed by atoms with E-state index in [0.29, 0.717) is 23.6 Å². The maximum atomic E-state index is 11.9. The first-order valence-electron chi connectivity index (χ1n) is 7.49. The summed E-state index contributed by atoms with van der Waals surface area (Å²) < 4.78 is 27.6. The molecule has 0 atom stereocenters. The highest BCUT2D eigenvalue weighted by molar-refractivity contribution is 7.92. The van der Waals surface area contributed by atoms with Crippen LogP contribution in [0.5, 0.6) is 0 Å². The van der Waals surface area contributed by atoms with Gasteiger partial charge in [0.2, 0.25) is 10.0 Å². The molecule has 0 aliphatic carbocycles. The van der Waals surface area contributed by atoms with Gasteiger partial charge in [0, 0.05) is 11.4 Å². The molecule has 0 saturated carbocycles. The standard InChI is InChI=1S/C14H17N7O2S/c1-2-3-10-24(22,23)18-12-6-4-11(5-7-12)15-13-8-9-14-16-19-20-21(14)17-13/h4-9,18H,2-3,10H2,1H3,(H,15,17). The van der Waals surface area contributed by atoms with Gasteiger partial charge < -0.3 is 5.32 Å². The minimum absolute atomic E-state index is 0.124. The third-order valence-corrected chi connectivity index (χ3v) is 4.64. The van der Waals surface area contributed by atoms with E-state index in [4.69, 9.17) is 0 Å². The van der Waals surface area contributed by atoms with Crippen molar-refractivity contribution < 1.29 is 8.42 Å². The molecule has 10 heteroatoms. The van der Waals surface area contributed by atoms with Crippen LogP contribution < -0.4 is 10.0 Å². The van der Waals surface area contributed by atoms with Gasteiger partial charge in [-0.2, -0.15) is 0 Å². The van der Waals surface area contributed by atoms with Crippen LogP contribution in [-0.4, -0.2) is 39.4 Å². The van der Waals surface area contributed by atoms with Crippen molar-refractivity contribution in [3.8, 4) is 0 Å². The van der Waals surface area contributed by atoms with Crippen molar-refractivity contribution in [1.82, 2.24) is 25.3 Å². The molecular formula is C14H17N7O2S. The fourth-order valence-corrected chi connectivity index (χ4v) is 3.32. The van der Waals surface area contributed by atoms with E-state index in [1.54, 1.807) is 36.4 Å². The van der Waals surface area contributed by atoms with Crippen LogP contribution >= 0.6 is 0 Å². The fourth-order valence-electron chi connectivity index (χ4n) is 2.05. The number of rotatable bonds is 7. The highest BCUT2D eigenvalue weighted by Crippen LogP contribution is 2.18.